The highest BCUT2D eigenvalue weighted by Gasteiger charge is 2.17. The van der Waals surface area contributed by atoms with Crippen molar-refractivity contribution in [2.75, 3.05) is 0 Å². The van der Waals surface area contributed by atoms with Crippen LogP contribution in [-0.2, 0) is 0 Å². The van der Waals surface area contributed by atoms with E-state index in [1.165, 1.54) is 12.1 Å². The Kier molecular flexibility index (Phi) is 3.48. The van der Waals surface area contributed by atoms with Crippen molar-refractivity contribution in [3.05, 3.63) is 58.4 Å². The summed E-state index contributed by atoms with van der Waals surface area (Å²) in [5.41, 5.74) is -0.881. The van der Waals surface area contributed by atoms with Gasteiger partial charge in [0, 0.05) is 22.7 Å². The molecule has 2 aromatic rings. The van der Waals surface area contributed by atoms with Gasteiger partial charge in [-0.05, 0) is 18.2 Å². The Labute approximate surface area is 111 Å². The minimum absolute atomic E-state index is 0.0330. The Morgan fingerprint density at radius 1 is 1.05 bits per heavy atom. The van der Waals surface area contributed by atoms with Gasteiger partial charge >= 0.3 is 5.97 Å². The van der Waals surface area contributed by atoms with Gasteiger partial charge in [0.25, 0.3) is 0 Å². The van der Waals surface area contributed by atoms with Gasteiger partial charge in [0.1, 0.15) is 17.5 Å². The predicted molar refractivity (Wildman–Crippen MR) is 63.7 cm³/mol. The van der Waals surface area contributed by atoms with E-state index in [1.807, 2.05) is 0 Å². The average Bonchev–Trinajstić information content (AvgIpc) is 2.29. The van der Waals surface area contributed by atoms with Crippen molar-refractivity contribution in [3.8, 4) is 11.1 Å². The third kappa shape index (κ3) is 2.56. The molecule has 1 N–H and O–H groups in total. The van der Waals surface area contributed by atoms with Gasteiger partial charge in [-0.1, -0.05) is 11.6 Å². The van der Waals surface area contributed by atoms with Crippen molar-refractivity contribution in [1.29, 1.82) is 0 Å². The molecule has 19 heavy (non-hydrogen) atoms. The van der Waals surface area contributed by atoms with Gasteiger partial charge in [-0.15, -0.1) is 0 Å². The maximum Gasteiger partial charge on any atom is 0.335 e. The second kappa shape index (κ2) is 4.93. The summed E-state index contributed by atoms with van der Waals surface area (Å²) in [5, 5.41) is 8.81. The number of carboxylic acid groups (broad SMARTS) is 1. The topological polar surface area (TPSA) is 37.3 Å². The van der Waals surface area contributed by atoms with E-state index in [9.17, 15) is 18.0 Å². The summed E-state index contributed by atoms with van der Waals surface area (Å²) in [6, 6.07) is 4.45. The van der Waals surface area contributed by atoms with E-state index >= 15 is 0 Å². The normalized spacial score (nSPS) is 10.5. The predicted octanol–water partition coefficient (Wildman–Crippen LogP) is 4.12. The van der Waals surface area contributed by atoms with E-state index < -0.39 is 29.0 Å². The molecule has 0 saturated heterocycles. The van der Waals surface area contributed by atoms with Gasteiger partial charge in [0.2, 0.25) is 0 Å². The van der Waals surface area contributed by atoms with Crippen molar-refractivity contribution in [1.82, 2.24) is 0 Å². The first kappa shape index (κ1) is 13.4. The lowest BCUT2D eigenvalue weighted by Crippen LogP contribution is -1.99. The van der Waals surface area contributed by atoms with Crippen molar-refractivity contribution in [2.24, 2.45) is 0 Å². The van der Waals surface area contributed by atoms with Crippen LogP contribution < -0.4 is 0 Å². The lowest BCUT2D eigenvalue weighted by molar-refractivity contribution is 0.0697. The highest BCUT2D eigenvalue weighted by molar-refractivity contribution is 6.33. The molecule has 0 aromatic heterocycles. The molecular formula is C13H6ClF3O2. The molecule has 0 unspecified atom stereocenters. The summed E-state index contributed by atoms with van der Waals surface area (Å²) in [5.74, 6) is -4.63. The highest BCUT2D eigenvalue weighted by atomic mass is 35.5. The van der Waals surface area contributed by atoms with Crippen LogP contribution in [0.25, 0.3) is 11.1 Å². The van der Waals surface area contributed by atoms with Crippen molar-refractivity contribution >= 4 is 17.6 Å². The Bertz CT molecular complexity index is 648. The molecule has 0 saturated carbocycles. The number of carbonyl (C=O) groups is 1. The molecule has 0 atom stereocenters. The lowest BCUT2D eigenvalue weighted by atomic mass is 10.0. The maximum atomic E-state index is 13.6. The molecule has 0 aliphatic heterocycles. The number of halogens is 4. The van der Waals surface area contributed by atoms with Crippen LogP contribution in [0.3, 0.4) is 0 Å². The fraction of sp³-hybridized carbons (Fsp3) is 0. The third-order valence-electron chi connectivity index (χ3n) is 2.49. The molecule has 0 spiro atoms. The molecule has 98 valence electrons. The second-order valence-electron chi connectivity index (χ2n) is 3.74. The van der Waals surface area contributed by atoms with E-state index in [0.29, 0.717) is 12.1 Å². The van der Waals surface area contributed by atoms with E-state index in [1.54, 1.807) is 0 Å². The first-order valence-electron chi connectivity index (χ1n) is 5.08. The summed E-state index contributed by atoms with van der Waals surface area (Å²) in [7, 11) is 0. The van der Waals surface area contributed by atoms with Gasteiger partial charge in [-0.2, -0.15) is 0 Å². The summed E-state index contributed by atoms with van der Waals surface area (Å²) >= 11 is 5.80. The summed E-state index contributed by atoms with van der Waals surface area (Å²) in [6.07, 6.45) is 0. The highest BCUT2D eigenvalue weighted by Crippen LogP contribution is 2.33. The molecule has 0 bridgehead atoms. The maximum absolute atomic E-state index is 13.6. The van der Waals surface area contributed by atoms with Gasteiger partial charge < -0.3 is 5.11 Å². The molecule has 0 aliphatic carbocycles. The first-order valence-corrected chi connectivity index (χ1v) is 5.45. The fourth-order valence-corrected chi connectivity index (χ4v) is 1.86. The van der Waals surface area contributed by atoms with Crippen LogP contribution >= 0.6 is 11.6 Å². The number of aromatic carboxylic acids is 1. The van der Waals surface area contributed by atoms with Gasteiger partial charge in [-0.3, -0.25) is 0 Å². The average molecular weight is 287 g/mol. The Balaban J connectivity index is 2.71. The zero-order valence-corrected chi connectivity index (χ0v) is 10.0. The van der Waals surface area contributed by atoms with Crippen LogP contribution in [0.15, 0.2) is 30.3 Å². The SMILES string of the molecule is O=C(O)c1ccc(Cl)c(-c2c(F)cc(F)cc2F)c1. The molecule has 2 aromatic carbocycles. The minimum Gasteiger partial charge on any atom is -0.478 e. The van der Waals surface area contributed by atoms with E-state index in [-0.39, 0.29) is 16.1 Å². The zero-order valence-electron chi connectivity index (χ0n) is 9.25. The molecule has 0 fully saturated rings. The Morgan fingerprint density at radius 3 is 2.16 bits per heavy atom. The Morgan fingerprint density at radius 2 is 1.63 bits per heavy atom. The van der Waals surface area contributed by atoms with E-state index in [4.69, 9.17) is 16.7 Å². The minimum atomic E-state index is -1.26. The molecular weight excluding hydrogens is 281 g/mol. The molecule has 2 rings (SSSR count). The van der Waals surface area contributed by atoms with Crippen LogP contribution in [0, 0.1) is 17.5 Å². The smallest absolute Gasteiger partial charge is 0.335 e. The van der Waals surface area contributed by atoms with E-state index in [0.717, 1.165) is 6.07 Å². The van der Waals surface area contributed by atoms with Gasteiger partial charge in [0.05, 0.1) is 11.1 Å². The number of hydrogen-bond donors (Lipinski definition) is 1. The number of benzene rings is 2. The summed E-state index contributed by atoms with van der Waals surface area (Å²) in [4.78, 5) is 10.8. The largest absolute Gasteiger partial charge is 0.478 e. The van der Waals surface area contributed by atoms with Gasteiger partial charge in [-0.25, -0.2) is 18.0 Å². The Hall–Kier alpha value is -2.01. The molecule has 2 nitrogen and oxygen atoms in total. The van der Waals surface area contributed by atoms with Crippen molar-refractivity contribution in [3.63, 3.8) is 0 Å². The zero-order chi connectivity index (χ0) is 14.2. The van der Waals surface area contributed by atoms with Crippen LogP contribution in [0.5, 0.6) is 0 Å². The monoisotopic (exact) mass is 286 g/mol. The van der Waals surface area contributed by atoms with Crippen molar-refractivity contribution < 1.29 is 23.1 Å². The van der Waals surface area contributed by atoms with Crippen LogP contribution in [-0.4, -0.2) is 11.1 Å². The number of rotatable bonds is 2. The van der Waals surface area contributed by atoms with Crippen LogP contribution in [0.1, 0.15) is 10.4 Å². The lowest BCUT2D eigenvalue weighted by Gasteiger charge is -2.08. The quantitative estimate of drug-likeness (QED) is 0.901. The third-order valence-corrected chi connectivity index (χ3v) is 2.82. The molecule has 0 heterocycles. The number of hydrogen-bond acceptors (Lipinski definition) is 1. The summed E-state index contributed by atoms with van der Waals surface area (Å²) in [6.45, 7) is 0. The second-order valence-corrected chi connectivity index (χ2v) is 4.15. The van der Waals surface area contributed by atoms with Crippen LogP contribution in [0.4, 0.5) is 13.2 Å². The first-order chi connectivity index (χ1) is 8.90. The molecule has 0 radical (unpaired) electrons. The van der Waals surface area contributed by atoms with Gasteiger partial charge in [0.15, 0.2) is 0 Å². The summed E-state index contributed by atoms with van der Waals surface area (Å²) < 4.78 is 40.1. The molecule has 0 amide bonds. The van der Waals surface area contributed by atoms with Crippen molar-refractivity contribution in [2.45, 2.75) is 0 Å². The molecule has 0 aliphatic rings. The molecule has 6 heteroatoms. The van der Waals surface area contributed by atoms with E-state index in [2.05, 4.69) is 0 Å². The van der Waals surface area contributed by atoms with Crippen LogP contribution in [0.2, 0.25) is 5.02 Å². The standard InChI is InChI=1S/C13H6ClF3O2/c14-9-2-1-6(13(18)19)3-8(9)12-10(16)4-7(15)5-11(12)17/h1-5H,(H,18,19). The number of carboxylic acids is 1. The fourth-order valence-electron chi connectivity index (χ4n) is 1.65.